The Hall–Kier alpha value is 0.250. The molecule has 0 fully saturated rings. The molecule has 0 aromatic rings. The molecule has 0 heterocycles. The Labute approximate surface area is 57.0 Å². The molecule has 0 N–H and O–H groups in total. The number of rotatable bonds is 2. The third-order valence-electron chi connectivity index (χ3n) is 0.408. The summed E-state index contributed by atoms with van der Waals surface area (Å²) in [6.45, 7) is 7.56. The Morgan fingerprint density at radius 2 is 1.38 bits per heavy atom. The van der Waals surface area contributed by atoms with Crippen LogP contribution in [0, 0.1) is 0 Å². The second-order valence-corrected chi connectivity index (χ2v) is 1.58. The zero-order valence-electron chi connectivity index (χ0n) is 5.91. The van der Waals surface area contributed by atoms with Gasteiger partial charge in [-0.05, 0) is 13.8 Å². The highest BCUT2D eigenvalue weighted by Gasteiger charge is 1.64. The zero-order chi connectivity index (χ0) is 6.83. The van der Waals surface area contributed by atoms with Crippen LogP contribution < -0.4 is 0 Å². The molecule has 0 saturated carbocycles. The van der Waals surface area contributed by atoms with E-state index < -0.39 is 0 Å². The first-order valence-corrected chi connectivity index (χ1v) is 3.50. The van der Waals surface area contributed by atoms with Crippen LogP contribution in [0.1, 0.15) is 20.8 Å². The summed E-state index contributed by atoms with van der Waals surface area (Å²) in [7, 11) is 0. The van der Waals surface area contributed by atoms with Crippen molar-refractivity contribution in [3.05, 3.63) is 0 Å². The molecule has 0 aliphatic carbocycles. The van der Waals surface area contributed by atoms with Gasteiger partial charge in [-0.15, -0.1) is 11.6 Å². The van der Waals surface area contributed by atoms with Crippen molar-refractivity contribution in [2.45, 2.75) is 20.8 Å². The summed E-state index contributed by atoms with van der Waals surface area (Å²) >= 11 is 5.00. The van der Waals surface area contributed by atoms with Gasteiger partial charge in [-0.2, -0.15) is 0 Å². The van der Waals surface area contributed by atoms with Crippen molar-refractivity contribution >= 4 is 11.6 Å². The highest BCUT2D eigenvalue weighted by atomic mass is 35.5. The first-order valence-electron chi connectivity index (χ1n) is 2.97. The highest BCUT2D eigenvalue weighted by Crippen LogP contribution is 1.64. The molecule has 0 rings (SSSR count). The minimum atomic E-state index is 0.722. The fourth-order valence-electron chi connectivity index (χ4n) is 0.204. The molecule has 0 aliphatic heterocycles. The normalized spacial score (nSPS) is 7.50. The van der Waals surface area contributed by atoms with Gasteiger partial charge < -0.3 is 4.74 Å². The number of halogens is 1. The summed E-state index contributed by atoms with van der Waals surface area (Å²) in [6, 6.07) is 0. The van der Waals surface area contributed by atoms with Gasteiger partial charge in [0.05, 0.1) is 0 Å². The fraction of sp³-hybridized carbons (Fsp3) is 1.00. The summed E-state index contributed by atoms with van der Waals surface area (Å²) in [4.78, 5) is 0. The molecule has 0 atom stereocenters. The molecule has 1 nitrogen and oxygen atoms in total. The van der Waals surface area contributed by atoms with Crippen LogP contribution >= 0.6 is 11.6 Å². The Morgan fingerprint density at radius 3 is 1.38 bits per heavy atom. The maximum atomic E-state index is 5.00. The van der Waals surface area contributed by atoms with E-state index >= 15 is 0 Å². The van der Waals surface area contributed by atoms with E-state index in [4.69, 9.17) is 16.3 Å². The summed E-state index contributed by atoms with van der Waals surface area (Å²) in [6.07, 6.45) is 0. The first-order chi connectivity index (χ1) is 3.83. The highest BCUT2D eigenvalue weighted by molar-refractivity contribution is 6.17. The molecule has 52 valence electrons. The quantitative estimate of drug-likeness (QED) is 0.532. The van der Waals surface area contributed by atoms with Crippen molar-refractivity contribution in [1.82, 2.24) is 0 Å². The van der Waals surface area contributed by atoms with Crippen LogP contribution in [0.4, 0.5) is 0 Å². The van der Waals surface area contributed by atoms with Crippen LogP contribution in [0.5, 0.6) is 0 Å². The molecule has 0 unspecified atom stereocenters. The molecule has 0 amide bonds. The Morgan fingerprint density at radius 1 is 1.12 bits per heavy atom. The predicted molar refractivity (Wildman–Crippen MR) is 38.6 cm³/mol. The molecule has 0 bridgehead atoms. The van der Waals surface area contributed by atoms with Gasteiger partial charge in [0.15, 0.2) is 0 Å². The van der Waals surface area contributed by atoms with Crippen LogP contribution in [-0.4, -0.2) is 19.1 Å². The molecule has 0 aliphatic rings. The van der Waals surface area contributed by atoms with Gasteiger partial charge in [-0.3, -0.25) is 0 Å². The molecular formula is C6H15ClO. The molecule has 0 spiro atoms. The number of hydrogen-bond donors (Lipinski definition) is 0. The van der Waals surface area contributed by atoms with Gasteiger partial charge in [0, 0.05) is 19.1 Å². The van der Waals surface area contributed by atoms with Crippen molar-refractivity contribution in [3.63, 3.8) is 0 Å². The Kier molecular flexibility index (Phi) is 21.8. The SMILES string of the molecule is CCCl.CCOCC. The third-order valence-corrected chi connectivity index (χ3v) is 0.408. The van der Waals surface area contributed by atoms with E-state index in [2.05, 4.69) is 0 Å². The summed E-state index contributed by atoms with van der Waals surface area (Å²) in [5, 5.41) is 0. The topological polar surface area (TPSA) is 9.23 Å². The molecule has 0 aromatic heterocycles. The summed E-state index contributed by atoms with van der Waals surface area (Å²) in [5.74, 6) is 0.722. The van der Waals surface area contributed by atoms with Crippen molar-refractivity contribution < 1.29 is 4.74 Å². The maximum absolute atomic E-state index is 5.00. The van der Waals surface area contributed by atoms with E-state index in [0.717, 1.165) is 19.1 Å². The summed E-state index contributed by atoms with van der Waals surface area (Å²) < 4.78 is 4.83. The number of hydrogen-bond acceptors (Lipinski definition) is 1. The van der Waals surface area contributed by atoms with Gasteiger partial charge in [0.2, 0.25) is 0 Å². The molecule has 0 radical (unpaired) electrons. The standard InChI is InChI=1S/C4H10O.C2H5Cl/c1-3-5-4-2;1-2-3/h3-4H2,1-2H3;2H2,1H3. The van der Waals surface area contributed by atoms with Crippen molar-refractivity contribution in [3.8, 4) is 0 Å². The Bertz CT molecular complexity index is 22.5. The maximum Gasteiger partial charge on any atom is 0.0437 e. The van der Waals surface area contributed by atoms with E-state index in [1.54, 1.807) is 0 Å². The average Bonchev–Trinajstić information content (AvgIpc) is 1.71. The lowest BCUT2D eigenvalue weighted by molar-refractivity contribution is 0.162. The van der Waals surface area contributed by atoms with Gasteiger partial charge in [-0.25, -0.2) is 0 Å². The molecular weight excluding hydrogens is 124 g/mol. The smallest absolute Gasteiger partial charge is 0.0437 e. The first kappa shape index (κ1) is 11.1. The van der Waals surface area contributed by atoms with Crippen molar-refractivity contribution in [2.75, 3.05) is 19.1 Å². The van der Waals surface area contributed by atoms with E-state index in [1.807, 2.05) is 20.8 Å². The van der Waals surface area contributed by atoms with Gasteiger partial charge in [0.1, 0.15) is 0 Å². The van der Waals surface area contributed by atoms with Crippen molar-refractivity contribution in [2.24, 2.45) is 0 Å². The van der Waals surface area contributed by atoms with Crippen molar-refractivity contribution in [1.29, 1.82) is 0 Å². The molecule has 0 aromatic carbocycles. The minimum Gasteiger partial charge on any atom is -0.382 e. The second-order valence-electron chi connectivity index (χ2n) is 1.05. The number of ether oxygens (including phenoxy) is 1. The van der Waals surface area contributed by atoms with Gasteiger partial charge in [0.25, 0.3) is 0 Å². The fourth-order valence-corrected chi connectivity index (χ4v) is 0.204. The molecule has 8 heavy (non-hydrogen) atoms. The van der Waals surface area contributed by atoms with E-state index in [1.165, 1.54) is 0 Å². The van der Waals surface area contributed by atoms with Crippen LogP contribution in [0.3, 0.4) is 0 Å². The predicted octanol–water partition coefficient (Wildman–Crippen LogP) is 2.29. The second kappa shape index (κ2) is 15.7. The van der Waals surface area contributed by atoms with Crippen LogP contribution in [0.25, 0.3) is 0 Å². The van der Waals surface area contributed by atoms with E-state index in [0.29, 0.717) is 0 Å². The van der Waals surface area contributed by atoms with Gasteiger partial charge in [-0.1, -0.05) is 6.92 Å². The Balaban J connectivity index is 0. The van der Waals surface area contributed by atoms with Gasteiger partial charge >= 0.3 is 0 Å². The molecule has 2 heteroatoms. The lowest BCUT2D eigenvalue weighted by Gasteiger charge is -1.86. The van der Waals surface area contributed by atoms with E-state index in [-0.39, 0.29) is 0 Å². The monoisotopic (exact) mass is 138 g/mol. The van der Waals surface area contributed by atoms with Crippen LogP contribution in [0.2, 0.25) is 0 Å². The minimum absolute atomic E-state index is 0.722. The lowest BCUT2D eigenvalue weighted by Crippen LogP contribution is -1.84. The average molecular weight is 139 g/mol. The van der Waals surface area contributed by atoms with Crippen LogP contribution in [0.15, 0.2) is 0 Å². The largest absolute Gasteiger partial charge is 0.382 e. The lowest BCUT2D eigenvalue weighted by atomic mass is 10.8. The number of alkyl halides is 1. The summed E-state index contributed by atoms with van der Waals surface area (Å²) in [5.41, 5.74) is 0. The molecule has 0 saturated heterocycles. The van der Waals surface area contributed by atoms with Crippen LogP contribution in [-0.2, 0) is 4.74 Å². The zero-order valence-corrected chi connectivity index (χ0v) is 6.66. The third kappa shape index (κ3) is 34.0. The van der Waals surface area contributed by atoms with E-state index in [9.17, 15) is 0 Å².